The zero-order valence-electron chi connectivity index (χ0n) is 14.0. The summed E-state index contributed by atoms with van der Waals surface area (Å²) >= 11 is 0. The lowest BCUT2D eigenvalue weighted by atomic mass is 9.91. The van der Waals surface area contributed by atoms with Crippen LogP contribution >= 0.6 is 0 Å². The predicted molar refractivity (Wildman–Crippen MR) is 81.0 cm³/mol. The molecular formula is C15H29NO4. The molecule has 5 nitrogen and oxygen atoms in total. The standard InChI is InChI=1S/C8H12O2.C5H11NO2.C2H6/c1-5-8(2,3)6-7(9)10-4;1-5(2,3)8-4(6)7;1-2/h1H,6H2,2-4H3;1-3H3,(H2,6,7);1-2H3. The van der Waals surface area contributed by atoms with Crippen LogP contribution in [0.2, 0.25) is 0 Å². The van der Waals surface area contributed by atoms with Crippen LogP contribution in [0.5, 0.6) is 0 Å². The zero-order chi connectivity index (χ0) is 17.0. The van der Waals surface area contributed by atoms with E-state index < -0.39 is 11.7 Å². The molecule has 0 rings (SSSR count). The molecule has 0 unspecified atom stereocenters. The number of esters is 1. The van der Waals surface area contributed by atoms with Gasteiger partial charge in [0.2, 0.25) is 0 Å². The number of rotatable bonds is 2. The van der Waals surface area contributed by atoms with Gasteiger partial charge in [0.25, 0.3) is 0 Å². The van der Waals surface area contributed by atoms with Crippen molar-refractivity contribution in [1.29, 1.82) is 0 Å². The Morgan fingerprint density at radius 1 is 1.15 bits per heavy atom. The molecule has 0 aromatic rings. The van der Waals surface area contributed by atoms with Crippen LogP contribution in [0.4, 0.5) is 4.79 Å². The van der Waals surface area contributed by atoms with Crippen molar-refractivity contribution in [3.8, 4) is 12.3 Å². The molecule has 20 heavy (non-hydrogen) atoms. The molecular weight excluding hydrogens is 258 g/mol. The lowest BCUT2D eigenvalue weighted by Gasteiger charge is -2.16. The first-order chi connectivity index (χ1) is 8.93. The zero-order valence-corrected chi connectivity index (χ0v) is 14.0. The van der Waals surface area contributed by atoms with E-state index in [2.05, 4.69) is 15.4 Å². The fourth-order valence-corrected chi connectivity index (χ4v) is 0.786. The number of primary amides is 1. The topological polar surface area (TPSA) is 78.6 Å². The molecule has 0 aliphatic carbocycles. The molecule has 0 spiro atoms. The Bertz CT molecular complexity index is 322. The number of nitrogens with two attached hydrogens (primary N) is 1. The van der Waals surface area contributed by atoms with Crippen molar-refractivity contribution in [3.05, 3.63) is 0 Å². The number of methoxy groups -OCH3 is 1. The van der Waals surface area contributed by atoms with Gasteiger partial charge in [-0.25, -0.2) is 4.79 Å². The maximum Gasteiger partial charge on any atom is 0.405 e. The van der Waals surface area contributed by atoms with Gasteiger partial charge in [-0.1, -0.05) is 19.8 Å². The lowest BCUT2D eigenvalue weighted by Crippen LogP contribution is -2.27. The van der Waals surface area contributed by atoms with Crippen LogP contribution in [0.3, 0.4) is 0 Å². The highest BCUT2D eigenvalue weighted by Gasteiger charge is 2.18. The maximum absolute atomic E-state index is 10.7. The fourth-order valence-electron chi connectivity index (χ4n) is 0.786. The van der Waals surface area contributed by atoms with Gasteiger partial charge in [-0.2, -0.15) is 0 Å². The predicted octanol–water partition coefficient (Wildman–Crippen LogP) is 3.12. The monoisotopic (exact) mass is 287 g/mol. The van der Waals surface area contributed by atoms with Gasteiger partial charge in [0.05, 0.1) is 13.5 Å². The molecule has 0 saturated carbocycles. The first-order valence-corrected chi connectivity index (χ1v) is 6.46. The van der Waals surface area contributed by atoms with Gasteiger partial charge in [0, 0.05) is 5.41 Å². The summed E-state index contributed by atoms with van der Waals surface area (Å²) in [5, 5.41) is 0. The summed E-state index contributed by atoms with van der Waals surface area (Å²) in [4.78, 5) is 20.7. The van der Waals surface area contributed by atoms with E-state index in [1.54, 1.807) is 20.8 Å². The highest BCUT2D eigenvalue weighted by molar-refractivity contribution is 5.70. The fraction of sp³-hybridized carbons (Fsp3) is 0.733. The lowest BCUT2D eigenvalue weighted by molar-refractivity contribution is -0.142. The van der Waals surface area contributed by atoms with Crippen molar-refractivity contribution >= 4 is 12.1 Å². The van der Waals surface area contributed by atoms with Gasteiger partial charge in [0.1, 0.15) is 5.60 Å². The van der Waals surface area contributed by atoms with E-state index in [1.165, 1.54) is 7.11 Å². The van der Waals surface area contributed by atoms with Crippen LogP contribution in [0.1, 0.15) is 54.9 Å². The molecule has 0 fully saturated rings. The quantitative estimate of drug-likeness (QED) is 0.625. The highest BCUT2D eigenvalue weighted by atomic mass is 16.6. The second kappa shape index (κ2) is 11.2. The molecule has 0 aromatic heterocycles. The molecule has 0 bridgehead atoms. The van der Waals surface area contributed by atoms with Crippen LogP contribution < -0.4 is 5.73 Å². The Morgan fingerprint density at radius 3 is 1.70 bits per heavy atom. The SMILES string of the molecule is C#CC(C)(C)CC(=O)OC.CC.CC(C)(C)OC(N)=O. The number of carbonyl (C=O) groups is 2. The van der Waals surface area contributed by atoms with Crippen molar-refractivity contribution in [2.45, 2.75) is 60.5 Å². The molecule has 0 heterocycles. The first kappa shape index (κ1) is 23.4. The molecule has 2 N–H and O–H groups in total. The minimum absolute atomic E-state index is 0.261. The smallest absolute Gasteiger partial charge is 0.405 e. The van der Waals surface area contributed by atoms with Crippen LogP contribution in [0.25, 0.3) is 0 Å². The Balaban J connectivity index is -0.000000262. The summed E-state index contributed by atoms with van der Waals surface area (Å²) in [6.45, 7) is 12.9. The van der Waals surface area contributed by atoms with E-state index in [9.17, 15) is 9.59 Å². The molecule has 118 valence electrons. The van der Waals surface area contributed by atoms with Gasteiger partial charge in [-0.05, 0) is 34.6 Å². The molecule has 0 saturated heterocycles. The third-order valence-electron chi connectivity index (χ3n) is 1.61. The average Bonchev–Trinajstić information content (AvgIpc) is 2.28. The minimum atomic E-state index is -0.725. The summed E-state index contributed by atoms with van der Waals surface area (Å²) in [5.41, 5.74) is 3.88. The molecule has 5 heteroatoms. The van der Waals surface area contributed by atoms with Gasteiger partial charge >= 0.3 is 12.1 Å². The van der Waals surface area contributed by atoms with E-state index >= 15 is 0 Å². The summed E-state index contributed by atoms with van der Waals surface area (Å²) in [6, 6.07) is 0. The van der Waals surface area contributed by atoms with Gasteiger partial charge < -0.3 is 15.2 Å². The molecule has 0 aromatic carbocycles. The second-order valence-electron chi connectivity index (χ2n) is 5.31. The Labute approximate surface area is 123 Å². The van der Waals surface area contributed by atoms with E-state index in [-0.39, 0.29) is 17.8 Å². The highest BCUT2D eigenvalue weighted by Crippen LogP contribution is 2.18. The summed E-state index contributed by atoms with van der Waals surface area (Å²) in [6.07, 6.45) is 4.70. The number of amides is 1. The van der Waals surface area contributed by atoms with E-state index in [4.69, 9.17) is 12.2 Å². The number of ether oxygens (including phenoxy) is 2. The van der Waals surface area contributed by atoms with Crippen molar-refractivity contribution in [2.75, 3.05) is 7.11 Å². The number of terminal acetylenes is 1. The molecule has 1 amide bonds. The number of hydrogen-bond donors (Lipinski definition) is 1. The van der Waals surface area contributed by atoms with Gasteiger partial charge in [0.15, 0.2) is 0 Å². The summed E-state index contributed by atoms with van der Waals surface area (Å²) in [7, 11) is 1.36. The van der Waals surface area contributed by atoms with E-state index in [0.29, 0.717) is 0 Å². The van der Waals surface area contributed by atoms with Crippen molar-refractivity contribution in [1.82, 2.24) is 0 Å². The van der Waals surface area contributed by atoms with Gasteiger partial charge in [-0.3, -0.25) is 4.79 Å². The van der Waals surface area contributed by atoms with Crippen molar-refractivity contribution < 1.29 is 19.1 Å². The van der Waals surface area contributed by atoms with Crippen LogP contribution in [0.15, 0.2) is 0 Å². The maximum atomic E-state index is 10.7. The second-order valence-corrected chi connectivity index (χ2v) is 5.31. The number of carbonyl (C=O) groups excluding carboxylic acids is 2. The molecule has 0 aliphatic heterocycles. The average molecular weight is 287 g/mol. The minimum Gasteiger partial charge on any atom is -0.469 e. The summed E-state index contributed by atoms with van der Waals surface area (Å²) < 4.78 is 9.03. The van der Waals surface area contributed by atoms with Crippen LogP contribution in [0, 0.1) is 17.8 Å². The molecule has 0 radical (unpaired) electrons. The third-order valence-corrected chi connectivity index (χ3v) is 1.61. The van der Waals surface area contributed by atoms with Gasteiger partial charge in [-0.15, -0.1) is 6.42 Å². The first-order valence-electron chi connectivity index (χ1n) is 6.46. The largest absolute Gasteiger partial charge is 0.469 e. The van der Waals surface area contributed by atoms with Crippen LogP contribution in [-0.2, 0) is 14.3 Å². The molecule has 0 aliphatic rings. The van der Waals surface area contributed by atoms with E-state index in [0.717, 1.165) is 0 Å². The Morgan fingerprint density at radius 2 is 1.55 bits per heavy atom. The number of hydrogen-bond acceptors (Lipinski definition) is 4. The summed E-state index contributed by atoms with van der Waals surface area (Å²) in [5.74, 6) is 2.24. The Hall–Kier alpha value is -1.70. The van der Waals surface area contributed by atoms with Crippen molar-refractivity contribution in [3.63, 3.8) is 0 Å². The normalized spacial score (nSPS) is 9.75. The van der Waals surface area contributed by atoms with Crippen LogP contribution in [-0.4, -0.2) is 24.8 Å². The Kier molecular flexibility index (Phi) is 13.0. The molecule has 0 atom stereocenters. The van der Waals surface area contributed by atoms with E-state index in [1.807, 2.05) is 27.7 Å². The van der Waals surface area contributed by atoms with Crippen molar-refractivity contribution in [2.24, 2.45) is 11.1 Å². The third kappa shape index (κ3) is 21.6.